The monoisotopic (exact) mass is 1150 g/mol. The summed E-state index contributed by atoms with van der Waals surface area (Å²) >= 11 is 0. The number of phenolic OH excluding ortho intramolecular Hbond substituents is 1. The van der Waals surface area contributed by atoms with Crippen molar-refractivity contribution in [3.8, 4) is 5.75 Å². The molecule has 0 aromatic heterocycles. The molecule has 2 rings (SSSR count). The number of phenols is 1. The second kappa shape index (κ2) is 33.6. The van der Waals surface area contributed by atoms with E-state index in [2.05, 4.69) is 47.5 Å². The van der Waals surface area contributed by atoms with Gasteiger partial charge in [0.05, 0.1) is 38.4 Å². The number of rotatable bonds is 36. The molecule has 0 radical (unpaired) electrons. The van der Waals surface area contributed by atoms with Crippen molar-refractivity contribution in [1.29, 1.82) is 0 Å². The third-order valence-corrected chi connectivity index (χ3v) is 11.6. The maximum atomic E-state index is 14.0. The van der Waals surface area contributed by atoms with Gasteiger partial charge in [-0.05, 0) is 56.2 Å². The molecular formula is C46H67N15O20. The van der Waals surface area contributed by atoms with Gasteiger partial charge >= 0.3 is 23.9 Å². The van der Waals surface area contributed by atoms with E-state index < -0.39 is 189 Å². The number of hydrogen-bond donors (Lipinski definition) is 18. The van der Waals surface area contributed by atoms with E-state index in [-0.39, 0.29) is 63.3 Å². The number of carbonyl (C=O) groups excluding carboxylic acids is 11. The molecule has 1 fully saturated rings. The number of nitrogens with two attached hydrogens (primary N) is 5. The van der Waals surface area contributed by atoms with E-state index in [1.165, 1.54) is 24.3 Å². The van der Waals surface area contributed by atoms with Crippen LogP contribution in [0.4, 0.5) is 0 Å². The lowest BCUT2D eigenvalue weighted by Gasteiger charge is -2.30. The van der Waals surface area contributed by atoms with Crippen LogP contribution < -0.4 is 71.2 Å². The van der Waals surface area contributed by atoms with Gasteiger partial charge in [0, 0.05) is 32.4 Å². The van der Waals surface area contributed by atoms with Crippen LogP contribution in [0.5, 0.6) is 5.75 Å². The molecule has 1 aromatic carbocycles. The highest BCUT2D eigenvalue weighted by atomic mass is 16.4. The largest absolute Gasteiger partial charge is 0.508 e. The maximum Gasteiger partial charge on any atom is 0.326 e. The zero-order valence-electron chi connectivity index (χ0n) is 43.4. The van der Waals surface area contributed by atoms with Gasteiger partial charge in [0.25, 0.3) is 0 Å². The first-order valence-electron chi connectivity index (χ1n) is 24.7. The van der Waals surface area contributed by atoms with Crippen molar-refractivity contribution in [2.75, 3.05) is 26.2 Å². The third-order valence-electron chi connectivity index (χ3n) is 11.6. The van der Waals surface area contributed by atoms with E-state index in [4.69, 9.17) is 33.8 Å². The number of aliphatic imine (C=N–C) groups is 1. The zero-order valence-corrected chi connectivity index (χ0v) is 43.4. The Labute approximate surface area is 459 Å². The Hall–Kier alpha value is -9.70. The fourth-order valence-electron chi connectivity index (χ4n) is 7.65. The van der Waals surface area contributed by atoms with Crippen LogP contribution >= 0.6 is 0 Å². The smallest absolute Gasteiger partial charge is 0.326 e. The number of benzene rings is 1. The summed E-state index contributed by atoms with van der Waals surface area (Å²) < 4.78 is 0. The number of carbonyl (C=O) groups is 15. The van der Waals surface area contributed by atoms with Crippen molar-refractivity contribution in [3.05, 3.63) is 29.8 Å². The summed E-state index contributed by atoms with van der Waals surface area (Å²) in [4.78, 5) is 195. The average Bonchev–Trinajstić information content (AvgIpc) is 3.90. The number of guanidine groups is 1. The molecule has 35 heteroatoms. The molecule has 1 aliphatic heterocycles. The maximum absolute atomic E-state index is 14.0. The van der Waals surface area contributed by atoms with Gasteiger partial charge in [-0.15, -0.1) is 0 Å². The first kappa shape index (κ1) is 67.4. The minimum Gasteiger partial charge on any atom is -0.508 e. The van der Waals surface area contributed by atoms with Crippen LogP contribution in [0.25, 0.3) is 0 Å². The van der Waals surface area contributed by atoms with Gasteiger partial charge in [0.2, 0.25) is 65.0 Å². The van der Waals surface area contributed by atoms with Gasteiger partial charge in [-0.25, -0.2) is 4.79 Å². The Morgan fingerprint density at radius 2 is 1.06 bits per heavy atom. The molecule has 1 heterocycles. The minimum atomic E-state index is -2.00. The fourth-order valence-corrected chi connectivity index (χ4v) is 7.65. The normalized spacial score (nSPS) is 15.2. The topological polar surface area (TPSA) is 599 Å². The van der Waals surface area contributed by atoms with Crippen LogP contribution in [-0.4, -0.2) is 200 Å². The number of nitrogens with one attached hydrogen (secondary N) is 8. The number of aliphatic carboxylic acids is 4. The molecule has 0 spiro atoms. The molecule has 11 amide bonds. The summed E-state index contributed by atoms with van der Waals surface area (Å²) in [5.74, 6) is -18.6. The van der Waals surface area contributed by atoms with E-state index in [0.29, 0.717) is 5.56 Å². The number of amides is 11. The molecule has 0 aliphatic carbocycles. The number of nitrogens with zero attached hydrogens (tertiary/aromatic N) is 2. The Bertz CT molecular complexity index is 2540. The fraction of sp³-hybridized carbons (Fsp3) is 0.522. The molecule has 81 heavy (non-hydrogen) atoms. The van der Waals surface area contributed by atoms with E-state index in [1.807, 2.05) is 0 Å². The molecule has 1 aromatic rings. The highest BCUT2D eigenvalue weighted by Gasteiger charge is 2.40. The van der Waals surface area contributed by atoms with Crippen LogP contribution in [0.1, 0.15) is 76.2 Å². The third kappa shape index (κ3) is 25.5. The van der Waals surface area contributed by atoms with E-state index in [0.717, 1.165) is 4.90 Å². The minimum absolute atomic E-state index is 0.0104. The van der Waals surface area contributed by atoms with E-state index >= 15 is 0 Å². The van der Waals surface area contributed by atoms with Crippen LogP contribution in [0.15, 0.2) is 29.3 Å². The van der Waals surface area contributed by atoms with Crippen molar-refractivity contribution in [2.45, 2.75) is 125 Å². The summed E-state index contributed by atoms with van der Waals surface area (Å²) in [7, 11) is 0. The van der Waals surface area contributed by atoms with Crippen LogP contribution in [0, 0.1) is 0 Å². The first-order chi connectivity index (χ1) is 38.0. The molecular weight excluding hydrogens is 1080 g/mol. The molecule has 446 valence electrons. The number of carboxylic acid groups (broad SMARTS) is 4. The van der Waals surface area contributed by atoms with Gasteiger partial charge in [0.1, 0.15) is 48.0 Å². The second-order valence-corrected chi connectivity index (χ2v) is 18.2. The lowest BCUT2D eigenvalue weighted by atomic mass is 10.0. The van der Waals surface area contributed by atoms with Gasteiger partial charge < -0.3 is 102 Å². The van der Waals surface area contributed by atoms with Crippen molar-refractivity contribution < 1.29 is 97.5 Å². The Balaban J connectivity index is 2.24. The zero-order chi connectivity index (χ0) is 61.1. The summed E-state index contributed by atoms with van der Waals surface area (Å²) in [5.41, 5.74) is 27.3. The van der Waals surface area contributed by atoms with Crippen molar-refractivity contribution >= 4 is 94.8 Å². The van der Waals surface area contributed by atoms with Crippen molar-refractivity contribution in [1.82, 2.24) is 47.4 Å². The SMILES string of the molecule is NC(=O)C[C@H](NC(=O)[C@H](CC(=O)O)NC(=O)CNC(=O)[C@H](CCCN=C(N)N)NC(=O)[C@@H]1CCCN1C(=O)[C@H](CCC(=O)O)NC(=O)CNC(=O)[C@H](CC(N)=O)NC(=O)[C@@H](N)CCC(=O)O)C(=O)N[C@@H](Cc1ccc(O)cc1)C(=O)O. The molecule has 35 nitrogen and oxygen atoms in total. The number of primary amides is 2. The van der Waals surface area contributed by atoms with Gasteiger partial charge in [-0.3, -0.25) is 72.1 Å². The van der Waals surface area contributed by atoms with Gasteiger partial charge in [-0.2, -0.15) is 0 Å². The Morgan fingerprint density at radius 3 is 1.58 bits per heavy atom. The van der Waals surface area contributed by atoms with Crippen LogP contribution in [-0.2, 0) is 78.3 Å². The molecule has 1 saturated heterocycles. The molecule has 8 atom stereocenters. The first-order valence-corrected chi connectivity index (χ1v) is 24.7. The second-order valence-electron chi connectivity index (χ2n) is 18.2. The Kier molecular flexibility index (Phi) is 27.9. The van der Waals surface area contributed by atoms with Gasteiger partial charge in [-0.1, -0.05) is 12.1 Å². The molecule has 23 N–H and O–H groups in total. The molecule has 1 aliphatic rings. The molecule has 0 saturated carbocycles. The lowest BCUT2D eigenvalue weighted by molar-refractivity contribution is -0.143. The summed E-state index contributed by atoms with van der Waals surface area (Å²) in [5, 5.41) is 64.7. The van der Waals surface area contributed by atoms with Gasteiger partial charge in [0.15, 0.2) is 5.96 Å². The summed E-state index contributed by atoms with van der Waals surface area (Å²) in [6.45, 7) is -2.12. The average molecular weight is 1150 g/mol. The lowest BCUT2D eigenvalue weighted by Crippen LogP contribution is -2.58. The Morgan fingerprint density at radius 1 is 0.568 bits per heavy atom. The molecule has 0 bridgehead atoms. The quantitative estimate of drug-likeness (QED) is 0.0169. The van der Waals surface area contributed by atoms with E-state index in [9.17, 15) is 92.3 Å². The number of aromatic hydroxyl groups is 1. The van der Waals surface area contributed by atoms with Crippen molar-refractivity contribution in [3.63, 3.8) is 0 Å². The molecule has 0 unspecified atom stereocenters. The number of carboxylic acids is 4. The number of hydrogen-bond acceptors (Lipinski definition) is 18. The van der Waals surface area contributed by atoms with Crippen molar-refractivity contribution in [2.24, 2.45) is 33.7 Å². The summed E-state index contributed by atoms with van der Waals surface area (Å²) in [6, 6.07) is -7.95. The highest BCUT2D eigenvalue weighted by Crippen LogP contribution is 2.21. The standard InChI is InChI=1S/C46H67N15O20/c47-23(9-11-35(67)68)38(73)58-26(16-31(48)63)40(75)54-19-33(65)55-25(10-12-36(69)70)44(79)61-14-2-4-30(61)43(78)57-24(3-1-13-52-46(50)51)39(74)53-20-34(66)56-28(18-37(71)72)42(77)59-27(17-32(49)64)41(76)60-29(45(80)81)15-21-5-7-22(62)8-6-21/h5-8,23-30,62H,1-4,9-20,47H2,(H2,48,63)(H2,49,64)(H,53,74)(H,54,75)(H,55,65)(H,56,66)(H,57,78)(H,58,73)(H,59,77)(H,60,76)(H,67,68)(H,69,70)(H,71,72)(H,80,81)(H4,50,51,52)/t23-,24-,25-,26-,27-,28-,29-,30-/m0/s1. The highest BCUT2D eigenvalue weighted by molar-refractivity contribution is 5.99. The van der Waals surface area contributed by atoms with E-state index in [1.54, 1.807) is 0 Å². The predicted octanol–water partition coefficient (Wildman–Crippen LogP) is -8.51. The number of likely N-dealkylation sites (tertiary alicyclic amines) is 1. The van der Waals surface area contributed by atoms with Crippen LogP contribution in [0.2, 0.25) is 0 Å². The van der Waals surface area contributed by atoms with Crippen LogP contribution in [0.3, 0.4) is 0 Å². The summed E-state index contributed by atoms with van der Waals surface area (Å²) in [6.07, 6.45) is -5.33. The predicted molar refractivity (Wildman–Crippen MR) is 273 cm³/mol.